The Labute approximate surface area is 206 Å². The lowest BCUT2D eigenvalue weighted by molar-refractivity contribution is 0.414. The first-order valence-corrected chi connectivity index (χ1v) is 12.1. The highest BCUT2D eigenvalue weighted by Crippen LogP contribution is 2.26. The van der Waals surface area contributed by atoms with Crippen LogP contribution in [0.1, 0.15) is 11.3 Å². The van der Waals surface area contributed by atoms with Crippen LogP contribution in [-0.4, -0.2) is 26.0 Å². The number of hydrogen-bond donors (Lipinski definition) is 0. The van der Waals surface area contributed by atoms with E-state index in [4.69, 9.17) is 9.72 Å². The van der Waals surface area contributed by atoms with Crippen molar-refractivity contribution < 1.29 is 4.74 Å². The molecular weight excluding hydrogens is 460 g/mol. The predicted molar refractivity (Wildman–Crippen MR) is 139 cm³/mol. The van der Waals surface area contributed by atoms with Crippen molar-refractivity contribution in [3.05, 3.63) is 111 Å². The molecule has 35 heavy (non-hydrogen) atoms. The van der Waals surface area contributed by atoms with Gasteiger partial charge in [0, 0.05) is 12.8 Å². The van der Waals surface area contributed by atoms with Gasteiger partial charge in [-0.15, -0.1) is 0 Å². The maximum absolute atomic E-state index is 13.8. The highest BCUT2D eigenvalue weighted by molar-refractivity contribution is 7.98. The summed E-state index contributed by atoms with van der Waals surface area (Å²) in [6.07, 6.45) is 0. The quantitative estimate of drug-likeness (QED) is 0.262. The summed E-state index contributed by atoms with van der Waals surface area (Å²) in [4.78, 5) is 32.3. The standard InChI is InChI=1S/C27H24N4O3S/c1-18-24(26(33)31(29(18)2)20-11-5-4-6-12-20)30-25(32)22-14-7-8-15-23(22)28-27(30)35-17-19-10-9-13-21(16-19)34-3/h4-16H,17H2,1-3H3. The van der Waals surface area contributed by atoms with Gasteiger partial charge in [-0.2, -0.15) is 0 Å². The molecule has 0 saturated carbocycles. The van der Waals surface area contributed by atoms with Crippen LogP contribution in [0.3, 0.4) is 0 Å². The molecule has 3 aromatic carbocycles. The van der Waals surface area contributed by atoms with Crippen LogP contribution >= 0.6 is 11.8 Å². The van der Waals surface area contributed by atoms with Crippen molar-refractivity contribution in [2.24, 2.45) is 7.05 Å². The summed E-state index contributed by atoms with van der Waals surface area (Å²) < 4.78 is 10.1. The molecule has 5 aromatic rings. The molecular formula is C27H24N4O3S. The van der Waals surface area contributed by atoms with Crippen LogP contribution in [0.15, 0.2) is 93.6 Å². The summed E-state index contributed by atoms with van der Waals surface area (Å²) in [7, 11) is 3.45. The third-order valence-electron chi connectivity index (χ3n) is 5.99. The lowest BCUT2D eigenvalue weighted by atomic mass is 10.2. The van der Waals surface area contributed by atoms with E-state index < -0.39 is 0 Å². The first kappa shape index (κ1) is 22.7. The van der Waals surface area contributed by atoms with Gasteiger partial charge in [-0.3, -0.25) is 14.3 Å². The summed E-state index contributed by atoms with van der Waals surface area (Å²) in [6, 6.07) is 24.4. The second-order valence-corrected chi connectivity index (χ2v) is 9.04. The minimum Gasteiger partial charge on any atom is -0.497 e. The van der Waals surface area contributed by atoms with Crippen molar-refractivity contribution in [3.8, 4) is 17.1 Å². The maximum Gasteiger partial charge on any atom is 0.296 e. The van der Waals surface area contributed by atoms with Crippen molar-refractivity contribution >= 4 is 22.7 Å². The molecule has 8 heteroatoms. The minimum absolute atomic E-state index is 0.269. The molecule has 0 radical (unpaired) electrons. The molecule has 0 aliphatic heterocycles. The molecule has 0 saturated heterocycles. The van der Waals surface area contributed by atoms with Crippen LogP contribution < -0.4 is 15.9 Å². The summed E-state index contributed by atoms with van der Waals surface area (Å²) in [5.41, 5.74) is 2.76. The Morgan fingerprint density at radius 3 is 2.43 bits per heavy atom. The zero-order chi connectivity index (χ0) is 24.5. The average molecular weight is 485 g/mol. The number of methoxy groups -OCH3 is 1. The van der Waals surface area contributed by atoms with E-state index in [9.17, 15) is 9.59 Å². The zero-order valence-corrected chi connectivity index (χ0v) is 20.5. The molecule has 0 spiro atoms. The van der Waals surface area contributed by atoms with Gasteiger partial charge in [-0.1, -0.05) is 54.2 Å². The molecule has 2 aromatic heterocycles. The number of rotatable bonds is 6. The van der Waals surface area contributed by atoms with Crippen LogP contribution in [0.2, 0.25) is 0 Å². The predicted octanol–water partition coefficient (Wildman–Crippen LogP) is 4.48. The van der Waals surface area contributed by atoms with Gasteiger partial charge in [0.2, 0.25) is 0 Å². The first-order valence-electron chi connectivity index (χ1n) is 11.1. The number of fused-ring (bicyclic) bond motifs is 1. The first-order chi connectivity index (χ1) is 17.0. The van der Waals surface area contributed by atoms with Crippen molar-refractivity contribution in [1.29, 1.82) is 0 Å². The number of benzene rings is 3. The van der Waals surface area contributed by atoms with Crippen molar-refractivity contribution in [3.63, 3.8) is 0 Å². The lowest BCUT2D eigenvalue weighted by Crippen LogP contribution is -2.28. The molecule has 0 aliphatic carbocycles. The number of para-hydroxylation sites is 2. The topological polar surface area (TPSA) is 71.0 Å². The van der Waals surface area contributed by atoms with Gasteiger partial charge in [-0.25, -0.2) is 14.2 Å². The molecule has 0 N–H and O–H groups in total. The highest BCUT2D eigenvalue weighted by atomic mass is 32.2. The van der Waals surface area contributed by atoms with Gasteiger partial charge in [0.15, 0.2) is 5.16 Å². The van der Waals surface area contributed by atoms with E-state index in [0.29, 0.717) is 33.2 Å². The van der Waals surface area contributed by atoms with E-state index in [2.05, 4.69) is 0 Å². The Morgan fingerprint density at radius 2 is 1.66 bits per heavy atom. The Hall–Kier alpha value is -4.04. The summed E-state index contributed by atoms with van der Waals surface area (Å²) in [5, 5.41) is 0.926. The third kappa shape index (κ3) is 4.06. The molecule has 0 amide bonds. The van der Waals surface area contributed by atoms with Crippen LogP contribution in [0, 0.1) is 6.92 Å². The third-order valence-corrected chi connectivity index (χ3v) is 7.00. The highest BCUT2D eigenvalue weighted by Gasteiger charge is 2.23. The van der Waals surface area contributed by atoms with E-state index in [1.165, 1.54) is 16.3 Å². The second-order valence-electron chi connectivity index (χ2n) is 8.10. The Kier molecular flexibility index (Phi) is 6.05. The lowest BCUT2D eigenvalue weighted by Gasteiger charge is -2.12. The van der Waals surface area contributed by atoms with E-state index in [-0.39, 0.29) is 11.1 Å². The molecule has 0 bridgehead atoms. The molecule has 2 heterocycles. The minimum atomic E-state index is -0.279. The van der Waals surface area contributed by atoms with Gasteiger partial charge in [0.1, 0.15) is 11.4 Å². The molecule has 0 fully saturated rings. The molecule has 5 rings (SSSR count). The largest absolute Gasteiger partial charge is 0.497 e. The molecule has 7 nitrogen and oxygen atoms in total. The summed E-state index contributed by atoms with van der Waals surface area (Å²) in [5.74, 6) is 1.32. The van der Waals surface area contributed by atoms with Gasteiger partial charge < -0.3 is 4.74 Å². The van der Waals surface area contributed by atoms with Gasteiger partial charge in [0.05, 0.1) is 29.4 Å². The van der Waals surface area contributed by atoms with E-state index in [0.717, 1.165) is 17.0 Å². The second kappa shape index (κ2) is 9.31. The van der Waals surface area contributed by atoms with Crippen molar-refractivity contribution in [2.75, 3.05) is 7.11 Å². The fraction of sp³-hybridized carbons (Fsp3) is 0.148. The Balaban J connectivity index is 1.71. The number of aromatic nitrogens is 4. The number of thioether (sulfide) groups is 1. The summed E-state index contributed by atoms with van der Waals surface area (Å²) >= 11 is 1.41. The Morgan fingerprint density at radius 1 is 0.914 bits per heavy atom. The number of ether oxygens (including phenoxy) is 1. The van der Waals surface area contributed by atoms with Gasteiger partial charge >= 0.3 is 0 Å². The average Bonchev–Trinajstić information content (AvgIpc) is 3.11. The van der Waals surface area contributed by atoms with E-state index in [1.807, 2.05) is 80.7 Å². The SMILES string of the molecule is COc1cccc(CSc2nc3ccccc3c(=O)n2-c2c(C)n(C)n(-c3ccccc3)c2=O)c1. The summed E-state index contributed by atoms with van der Waals surface area (Å²) in [6.45, 7) is 1.84. The fourth-order valence-electron chi connectivity index (χ4n) is 4.13. The van der Waals surface area contributed by atoms with E-state index >= 15 is 0 Å². The Bertz CT molecular complexity index is 1650. The van der Waals surface area contributed by atoms with Gasteiger partial charge in [-0.05, 0) is 48.9 Å². The van der Waals surface area contributed by atoms with Crippen molar-refractivity contribution in [2.45, 2.75) is 17.8 Å². The molecule has 176 valence electrons. The smallest absolute Gasteiger partial charge is 0.296 e. The maximum atomic E-state index is 13.8. The van der Waals surface area contributed by atoms with Crippen LogP contribution in [0.4, 0.5) is 0 Å². The fourth-order valence-corrected chi connectivity index (χ4v) is 5.07. The molecule has 0 unspecified atom stereocenters. The van der Waals surface area contributed by atoms with Crippen molar-refractivity contribution in [1.82, 2.24) is 18.9 Å². The zero-order valence-electron chi connectivity index (χ0n) is 19.6. The van der Waals surface area contributed by atoms with Crippen LogP contribution in [0.5, 0.6) is 5.75 Å². The number of nitrogens with zero attached hydrogens (tertiary/aromatic N) is 4. The van der Waals surface area contributed by atoms with Crippen LogP contribution in [0.25, 0.3) is 22.3 Å². The van der Waals surface area contributed by atoms with Crippen LogP contribution in [-0.2, 0) is 12.8 Å². The van der Waals surface area contributed by atoms with Gasteiger partial charge in [0.25, 0.3) is 11.1 Å². The van der Waals surface area contributed by atoms with E-state index in [1.54, 1.807) is 28.6 Å². The monoisotopic (exact) mass is 484 g/mol. The normalized spacial score (nSPS) is 11.2. The molecule has 0 aliphatic rings. The number of hydrogen-bond acceptors (Lipinski definition) is 5. The molecule has 0 atom stereocenters.